The zero-order valence-electron chi connectivity index (χ0n) is 11.8. The van der Waals surface area contributed by atoms with Crippen LogP contribution in [0.4, 0.5) is 0 Å². The number of likely N-dealkylation sites (tertiary alicyclic amines) is 1. The summed E-state index contributed by atoms with van der Waals surface area (Å²) in [6, 6.07) is 10.7. The van der Waals surface area contributed by atoms with E-state index in [0.717, 1.165) is 31.9 Å². The van der Waals surface area contributed by atoms with Crippen molar-refractivity contribution in [2.75, 3.05) is 13.1 Å². The minimum Gasteiger partial charge on any atom is -0.294 e. The third-order valence-corrected chi connectivity index (χ3v) is 4.08. The van der Waals surface area contributed by atoms with E-state index in [2.05, 4.69) is 48.9 Å². The molecule has 3 heterocycles. The highest BCUT2D eigenvalue weighted by atomic mass is 15.3. The van der Waals surface area contributed by atoms with E-state index < -0.39 is 0 Å². The van der Waals surface area contributed by atoms with Crippen LogP contribution in [0.3, 0.4) is 0 Å². The maximum absolute atomic E-state index is 4.58. The van der Waals surface area contributed by atoms with Crippen molar-refractivity contribution in [3.8, 4) is 0 Å². The second kappa shape index (κ2) is 5.26. The van der Waals surface area contributed by atoms with Gasteiger partial charge in [-0.2, -0.15) is 5.10 Å². The molecule has 0 spiro atoms. The SMILES string of the molecule is c1cnc(CN2CC[C@@H](n3ncc4ccccc43)C2)nc1. The van der Waals surface area contributed by atoms with Gasteiger partial charge in [0.15, 0.2) is 0 Å². The summed E-state index contributed by atoms with van der Waals surface area (Å²) in [5.74, 6) is 0.892. The van der Waals surface area contributed by atoms with Crippen LogP contribution in [0.2, 0.25) is 0 Å². The van der Waals surface area contributed by atoms with Crippen molar-refractivity contribution in [1.29, 1.82) is 0 Å². The van der Waals surface area contributed by atoms with Gasteiger partial charge in [-0.05, 0) is 18.6 Å². The lowest BCUT2D eigenvalue weighted by molar-refractivity contribution is 0.305. The van der Waals surface area contributed by atoms with Crippen LogP contribution in [-0.2, 0) is 6.54 Å². The normalized spacial score (nSPS) is 19.3. The summed E-state index contributed by atoms with van der Waals surface area (Å²) < 4.78 is 2.17. The van der Waals surface area contributed by atoms with Gasteiger partial charge < -0.3 is 0 Å². The van der Waals surface area contributed by atoms with E-state index in [0.29, 0.717) is 6.04 Å². The van der Waals surface area contributed by atoms with Crippen molar-refractivity contribution in [1.82, 2.24) is 24.6 Å². The molecule has 3 aromatic rings. The summed E-state index contributed by atoms with van der Waals surface area (Å²) in [6.07, 6.45) is 6.69. The maximum Gasteiger partial charge on any atom is 0.142 e. The monoisotopic (exact) mass is 279 g/mol. The van der Waals surface area contributed by atoms with Crippen LogP contribution in [-0.4, -0.2) is 37.7 Å². The Bertz CT molecular complexity index is 737. The van der Waals surface area contributed by atoms with Gasteiger partial charge in [0.2, 0.25) is 0 Å². The van der Waals surface area contributed by atoms with Crippen molar-refractivity contribution in [3.05, 3.63) is 54.7 Å². The Labute approximate surface area is 123 Å². The quantitative estimate of drug-likeness (QED) is 0.738. The number of nitrogens with zero attached hydrogens (tertiary/aromatic N) is 5. The first-order valence-corrected chi connectivity index (χ1v) is 7.31. The van der Waals surface area contributed by atoms with E-state index in [1.807, 2.05) is 12.3 Å². The topological polar surface area (TPSA) is 46.8 Å². The number of aromatic nitrogens is 4. The van der Waals surface area contributed by atoms with E-state index in [1.54, 1.807) is 12.4 Å². The van der Waals surface area contributed by atoms with Crippen molar-refractivity contribution in [3.63, 3.8) is 0 Å². The lowest BCUT2D eigenvalue weighted by atomic mass is 10.2. The Morgan fingerprint density at radius 2 is 1.95 bits per heavy atom. The van der Waals surface area contributed by atoms with Gasteiger partial charge >= 0.3 is 0 Å². The van der Waals surface area contributed by atoms with Gasteiger partial charge in [0.25, 0.3) is 0 Å². The standard InChI is InChI=1S/C16H17N5/c1-2-5-15-13(4-1)10-19-21(15)14-6-9-20(11-14)12-16-17-7-3-8-18-16/h1-5,7-8,10,14H,6,9,11-12H2/t14-/m1/s1. The van der Waals surface area contributed by atoms with Gasteiger partial charge in [-0.15, -0.1) is 0 Å². The molecule has 0 amide bonds. The van der Waals surface area contributed by atoms with Crippen LogP contribution in [0.25, 0.3) is 10.9 Å². The molecule has 1 aliphatic heterocycles. The molecule has 0 unspecified atom stereocenters. The number of fused-ring (bicyclic) bond motifs is 1. The predicted molar refractivity (Wildman–Crippen MR) is 80.7 cm³/mol. The van der Waals surface area contributed by atoms with Crippen molar-refractivity contribution in [2.24, 2.45) is 0 Å². The zero-order valence-corrected chi connectivity index (χ0v) is 11.8. The summed E-state index contributed by atoms with van der Waals surface area (Å²) in [5, 5.41) is 5.79. The average Bonchev–Trinajstić information content (AvgIpc) is 3.14. The molecule has 1 atom stereocenters. The second-order valence-corrected chi connectivity index (χ2v) is 5.49. The molecule has 0 saturated carbocycles. The molecule has 1 aliphatic rings. The van der Waals surface area contributed by atoms with Crippen LogP contribution in [0.1, 0.15) is 18.3 Å². The van der Waals surface area contributed by atoms with Gasteiger partial charge in [0.1, 0.15) is 5.82 Å². The fraction of sp³-hybridized carbons (Fsp3) is 0.312. The van der Waals surface area contributed by atoms with Crippen molar-refractivity contribution < 1.29 is 0 Å². The molecule has 4 rings (SSSR count). The van der Waals surface area contributed by atoms with Crippen LogP contribution in [0, 0.1) is 0 Å². The zero-order chi connectivity index (χ0) is 14.1. The van der Waals surface area contributed by atoms with Crippen LogP contribution in [0.15, 0.2) is 48.9 Å². The highest BCUT2D eigenvalue weighted by Gasteiger charge is 2.25. The van der Waals surface area contributed by atoms with E-state index in [4.69, 9.17) is 0 Å². The molecule has 5 nitrogen and oxygen atoms in total. The average molecular weight is 279 g/mol. The van der Waals surface area contributed by atoms with Gasteiger partial charge in [-0.3, -0.25) is 9.58 Å². The number of para-hydroxylation sites is 1. The third kappa shape index (κ3) is 2.40. The number of rotatable bonds is 3. The third-order valence-electron chi connectivity index (χ3n) is 4.08. The molecule has 5 heteroatoms. The van der Waals surface area contributed by atoms with Gasteiger partial charge in [0.05, 0.1) is 24.3 Å². The molecule has 1 saturated heterocycles. The van der Waals surface area contributed by atoms with E-state index in [-0.39, 0.29) is 0 Å². The minimum absolute atomic E-state index is 0.439. The minimum atomic E-state index is 0.439. The lowest BCUT2D eigenvalue weighted by Gasteiger charge is -2.15. The second-order valence-electron chi connectivity index (χ2n) is 5.49. The molecule has 106 valence electrons. The van der Waals surface area contributed by atoms with Crippen LogP contribution >= 0.6 is 0 Å². The van der Waals surface area contributed by atoms with Gasteiger partial charge in [-0.25, -0.2) is 9.97 Å². The molecule has 1 aromatic carbocycles. The highest BCUT2D eigenvalue weighted by molar-refractivity contribution is 5.78. The van der Waals surface area contributed by atoms with Crippen molar-refractivity contribution >= 4 is 10.9 Å². The molecular weight excluding hydrogens is 262 g/mol. The number of hydrogen-bond acceptors (Lipinski definition) is 4. The Morgan fingerprint density at radius 1 is 1.10 bits per heavy atom. The Kier molecular flexibility index (Phi) is 3.12. The van der Waals surface area contributed by atoms with Gasteiger partial charge in [0, 0.05) is 30.9 Å². The molecule has 0 radical (unpaired) electrons. The first-order valence-electron chi connectivity index (χ1n) is 7.31. The fourth-order valence-corrected chi connectivity index (χ4v) is 3.05. The summed E-state index contributed by atoms with van der Waals surface area (Å²) >= 11 is 0. The molecule has 0 N–H and O–H groups in total. The van der Waals surface area contributed by atoms with Crippen molar-refractivity contribution in [2.45, 2.75) is 19.0 Å². The van der Waals surface area contributed by atoms with E-state index in [1.165, 1.54) is 10.9 Å². The number of benzene rings is 1. The lowest BCUT2D eigenvalue weighted by Crippen LogP contribution is -2.22. The van der Waals surface area contributed by atoms with Gasteiger partial charge in [-0.1, -0.05) is 18.2 Å². The largest absolute Gasteiger partial charge is 0.294 e. The van der Waals surface area contributed by atoms with E-state index in [9.17, 15) is 0 Å². The first-order chi connectivity index (χ1) is 10.4. The highest BCUT2D eigenvalue weighted by Crippen LogP contribution is 2.25. The Morgan fingerprint density at radius 3 is 2.86 bits per heavy atom. The first kappa shape index (κ1) is 12.5. The Hall–Kier alpha value is -2.27. The molecular formula is C16H17N5. The molecule has 1 fully saturated rings. The van der Waals surface area contributed by atoms with E-state index >= 15 is 0 Å². The number of hydrogen-bond donors (Lipinski definition) is 0. The molecule has 0 aliphatic carbocycles. The molecule has 0 bridgehead atoms. The Balaban J connectivity index is 1.51. The molecule has 2 aromatic heterocycles. The smallest absolute Gasteiger partial charge is 0.142 e. The fourth-order valence-electron chi connectivity index (χ4n) is 3.05. The summed E-state index contributed by atoms with van der Waals surface area (Å²) in [4.78, 5) is 11.0. The summed E-state index contributed by atoms with van der Waals surface area (Å²) in [7, 11) is 0. The summed E-state index contributed by atoms with van der Waals surface area (Å²) in [6.45, 7) is 2.89. The predicted octanol–water partition coefficient (Wildman–Crippen LogP) is 2.27. The van der Waals surface area contributed by atoms with Crippen LogP contribution < -0.4 is 0 Å². The van der Waals surface area contributed by atoms with Crippen LogP contribution in [0.5, 0.6) is 0 Å². The molecule has 21 heavy (non-hydrogen) atoms. The maximum atomic E-state index is 4.58. The summed E-state index contributed by atoms with van der Waals surface area (Å²) in [5.41, 5.74) is 1.22.